The Morgan fingerprint density at radius 2 is 1.82 bits per heavy atom. The predicted octanol–water partition coefficient (Wildman–Crippen LogP) is 3.92. The lowest BCUT2D eigenvalue weighted by Gasteiger charge is -2.06. The second-order valence-electron chi connectivity index (χ2n) is 3.93. The first-order chi connectivity index (χ1) is 8.33. The summed E-state index contributed by atoms with van der Waals surface area (Å²) >= 11 is 0. The molecular weight excluding hydrogens is 216 g/mol. The van der Waals surface area contributed by atoms with Crippen LogP contribution in [0.5, 0.6) is 0 Å². The van der Waals surface area contributed by atoms with Gasteiger partial charge in [0.1, 0.15) is 6.61 Å². The summed E-state index contributed by atoms with van der Waals surface area (Å²) in [5.41, 5.74) is 0.968. The van der Waals surface area contributed by atoms with Crippen molar-refractivity contribution < 1.29 is 14.3 Å². The quantitative estimate of drug-likeness (QED) is 0.531. The van der Waals surface area contributed by atoms with Gasteiger partial charge < -0.3 is 9.47 Å². The molecule has 0 unspecified atom stereocenters. The van der Waals surface area contributed by atoms with E-state index >= 15 is 0 Å². The monoisotopic (exact) mass is 236 g/mol. The summed E-state index contributed by atoms with van der Waals surface area (Å²) < 4.78 is 9.92. The fourth-order valence-corrected chi connectivity index (χ4v) is 1.44. The average molecular weight is 236 g/mol. The van der Waals surface area contributed by atoms with Gasteiger partial charge in [0.15, 0.2) is 0 Å². The van der Waals surface area contributed by atoms with Crippen molar-refractivity contribution in [1.29, 1.82) is 0 Å². The number of hydrogen-bond acceptors (Lipinski definition) is 3. The van der Waals surface area contributed by atoms with Gasteiger partial charge in [-0.2, -0.15) is 0 Å². The van der Waals surface area contributed by atoms with Crippen molar-refractivity contribution in [2.75, 3.05) is 6.61 Å². The lowest BCUT2D eigenvalue weighted by molar-refractivity contribution is 0.0488. The van der Waals surface area contributed by atoms with Crippen molar-refractivity contribution in [2.24, 2.45) is 0 Å². The number of unbranched alkanes of at least 4 members (excludes halogenated alkanes) is 3. The molecular formula is C14H20O3. The van der Waals surface area contributed by atoms with Crippen molar-refractivity contribution in [2.45, 2.75) is 39.2 Å². The minimum Gasteiger partial charge on any atom is -0.434 e. The van der Waals surface area contributed by atoms with Crippen LogP contribution < -0.4 is 0 Å². The van der Waals surface area contributed by atoms with Gasteiger partial charge in [-0.3, -0.25) is 0 Å². The molecule has 0 aliphatic heterocycles. The standard InChI is InChI=1S/C14H20O3/c1-2-3-4-8-11-16-14(15)17-12-13-9-6-5-7-10-13/h5-7,9-10H,2-4,8,11-12H2,1H3. The molecule has 1 aromatic rings. The highest BCUT2D eigenvalue weighted by molar-refractivity contribution is 5.59. The van der Waals surface area contributed by atoms with Gasteiger partial charge in [0.2, 0.25) is 0 Å². The van der Waals surface area contributed by atoms with Gasteiger partial charge in [-0.1, -0.05) is 56.5 Å². The van der Waals surface area contributed by atoms with E-state index in [-0.39, 0.29) is 6.61 Å². The highest BCUT2D eigenvalue weighted by Gasteiger charge is 2.03. The maximum absolute atomic E-state index is 11.2. The zero-order chi connectivity index (χ0) is 12.3. The molecule has 1 rings (SSSR count). The molecule has 17 heavy (non-hydrogen) atoms. The third-order valence-corrected chi connectivity index (χ3v) is 2.42. The van der Waals surface area contributed by atoms with Gasteiger partial charge in [-0.25, -0.2) is 4.79 Å². The highest BCUT2D eigenvalue weighted by Crippen LogP contribution is 2.03. The van der Waals surface area contributed by atoms with Gasteiger partial charge in [0, 0.05) is 0 Å². The number of hydrogen-bond donors (Lipinski definition) is 0. The predicted molar refractivity (Wildman–Crippen MR) is 66.7 cm³/mol. The van der Waals surface area contributed by atoms with Gasteiger partial charge in [0.25, 0.3) is 0 Å². The van der Waals surface area contributed by atoms with Crippen molar-refractivity contribution in [3.8, 4) is 0 Å². The molecule has 0 radical (unpaired) electrons. The minimum absolute atomic E-state index is 0.272. The average Bonchev–Trinajstić information content (AvgIpc) is 2.37. The lowest BCUT2D eigenvalue weighted by Crippen LogP contribution is -2.08. The van der Waals surface area contributed by atoms with E-state index in [1.54, 1.807) is 0 Å². The maximum Gasteiger partial charge on any atom is 0.508 e. The largest absolute Gasteiger partial charge is 0.508 e. The van der Waals surface area contributed by atoms with Gasteiger partial charge in [-0.05, 0) is 12.0 Å². The topological polar surface area (TPSA) is 35.5 Å². The molecule has 0 bridgehead atoms. The summed E-state index contributed by atoms with van der Waals surface area (Å²) in [4.78, 5) is 11.2. The molecule has 3 nitrogen and oxygen atoms in total. The number of rotatable bonds is 7. The molecule has 0 aliphatic carbocycles. The second-order valence-corrected chi connectivity index (χ2v) is 3.93. The van der Waals surface area contributed by atoms with E-state index < -0.39 is 6.16 Å². The summed E-state index contributed by atoms with van der Waals surface area (Å²) in [6.45, 7) is 2.87. The van der Waals surface area contributed by atoms with E-state index in [4.69, 9.17) is 9.47 Å². The van der Waals surface area contributed by atoms with E-state index in [0.29, 0.717) is 6.61 Å². The molecule has 0 atom stereocenters. The number of carbonyl (C=O) groups excluding carboxylic acids is 1. The first-order valence-corrected chi connectivity index (χ1v) is 6.16. The molecule has 1 aromatic carbocycles. The smallest absolute Gasteiger partial charge is 0.434 e. The first kappa shape index (κ1) is 13.6. The Bertz CT molecular complexity index is 309. The summed E-state index contributed by atoms with van der Waals surface area (Å²) in [7, 11) is 0. The molecule has 0 heterocycles. The molecule has 0 fully saturated rings. The molecule has 0 spiro atoms. The molecule has 94 valence electrons. The van der Waals surface area contributed by atoms with E-state index in [1.165, 1.54) is 12.8 Å². The third kappa shape index (κ3) is 6.61. The minimum atomic E-state index is -0.578. The number of carbonyl (C=O) groups is 1. The highest BCUT2D eigenvalue weighted by atomic mass is 16.7. The zero-order valence-corrected chi connectivity index (χ0v) is 10.4. The second kappa shape index (κ2) is 8.62. The van der Waals surface area contributed by atoms with Crippen molar-refractivity contribution in [3.05, 3.63) is 35.9 Å². The van der Waals surface area contributed by atoms with Crippen LogP contribution in [0, 0.1) is 0 Å². The summed E-state index contributed by atoms with van der Waals surface area (Å²) in [5.74, 6) is 0. The van der Waals surface area contributed by atoms with Crippen LogP contribution in [0.4, 0.5) is 4.79 Å². The van der Waals surface area contributed by atoms with E-state index in [1.807, 2.05) is 30.3 Å². The summed E-state index contributed by atoms with van der Waals surface area (Å²) in [5, 5.41) is 0. The maximum atomic E-state index is 11.2. The van der Waals surface area contributed by atoms with Crippen LogP contribution in [0.15, 0.2) is 30.3 Å². The normalized spacial score (nSPS) is 9.94. The number of benzene rings is 1. The first-order valence-electron chi connectivity index (χ1n) is 6.16. The zero-order valence-electron chi connectivity index (χ0n) is 10.4. The van der Waals surface area contributed by atoms with Gasteiger partial charge >= 0.3 is 6.16 Å². The SMILES string of the molecule is CCCCCCOC(=O)OCc1ccccc1. The van der Waals surface area contributed by atoms with Crippen molar-refractivity contribution in [1.82, 2.24) is 0 Å². The van der Waals surface area contributed by atoms with Gasteiger partial charge in [0.05, 0.1) is 6.61 Å². The Kier molecular flexibility index (Phi) is 6.87. The Morgan fingerprint density at radius 1 is 1.06 bits per heavy atom. The summed E-state index contributed by atoms with van der Waals surface area (Å²) in [6.07, 6.45) is 3.79. The Balaban J connectivity index is 2.05. The Morgan fingerprint density at radius 3 is 2.53 bits per heavy atom. The number of ether oxygens (including phenoxy) is 2. The Labute approximate surface area is 103 Å². The molecule has 3 heteroatoms. The van der Waals surface area contributed by atoms with Crippen LogP contribution >= 0.6 is 0 Å². The van der Waals surface area contributed by atoms with E-state index in [9.17, 15) is 4.79 Å². The third-order valence-electron chi connectivity index (χ3n) is 2.42. The van der Waals surface area contributed by atoms with Crippen LogP contribution in [0.1, 0.15) is 38.2 Å². The van der Waals surface area contributed by atoms with E-state index in [0.717, 1.165) is 18.4 Å². The fourth-order valence-electron chi connectivity index (χ4n) is 1.44. The van der Waals surface area contributed by atoms with Crippen LogP contribution in [0.2, 0.25) is 0 Å². The molecule has 0 aromatic heterocycles. The summed E-state index contributed by atoms with van der Waals surface area (Å²) in [6, 6.07) is 9.57. The van der Waals surface area contributed by atoms with Crippen molar-refractivity contribution in [3.63, 3.8) is 0 Å². The molecule has 0 saturated carbocycles. The van der Waals surface area contributed by atoms with Crippen LogP contribution in [0.3, 0.4) is 0 Å². The van der Waals surface area contributed by atoms with E-state index in [2.05, 4.69) is 6.92 Å². The van der Waals surface area contributed by atoms with Crippen LogP contribution in [-0.4, -0.2) is 12.8 Å². The Hall–Kier alpha value is -1.51. The molecule has 0 aliphatic rings. The molecule has 0 saturated heterocycles. The van der Waals surface area contributed by atoms with Gasteiger partial charge in [-0.15, -0.1) is 0 Å². The van der Waals surface area contributed by atoms with Crippen molar-refractivity contribution >= 4 is 6.16 Å². The van der Waals surface area contributed by atoms with Crippen LogP contribution in [-0.2, 0) is 16.1 Å². The molecule has 0 N–H and O–H groups in total. The fraction of sp³-hybridized carbons (Fsp3) is 0.500. The molecule has 0 amide bonds. The van der Waals surface area contributed by atoms with Crippen LogP contribution in [0.25, 0.3) is 0 Å². The lowest BCUT2D eigenvalue weighted by atomic mass is 10.2.